The summed E-state index contributed by atoms with van der Waals surface area (Å²) >= 11 is 0.938. The Labute approximate surface area is 177 Å². The minimum absolute atomic E-state index is 0.00275. The lowest BCUT2D eigenvalue weighted by Gasteiger charge is -2.21. The van der Waals surface area contributed by atoms with Gasteiger partial charge in [0.1, 0.15) is 22.0 Å². The third-order valence-corrected chi connectivity index (χ3v) is 6.69. The van der Waals surface area contributed by atoms with Gasteiger partial charge in [-0.1, -0.05) is 26.0 Å². The van der Waals surface area contributed by atoms with Crippen molar-refractivity contribution < 1.29 is 22.7 Å². The summed E-state index contributed by atoms with van der Waals surface area (Å²) in [5, 5.41) is 2.79. The predicted molar refractivity (Wildman–Crippen MR) is 111 cm³/mol. The Kier molecular flexibility index (Phi) is 5.58. The molecule has 158 valence electrons. The first kappa shape index (κ1) is 20.5. The van der Waals surface area contributed by atoms with Crippen molar-refractivity contribution in [2.24, 2.45) is 5.92 Å². The molecule has 1 aromatic heterocycles. The number of benzene rings is 2. The molecule has 0 saturated carbocycles. The number of carbonyl (C=O) groups excluding carboxylic acids is 1. The van der Waals surface area contributed by atoms with E-state index in [0.29, 0.717) is 22.5 Å². The van der Waals surface area contributed by atoms with Crippen LogP contribution in [-0.4, -0.2) is 35.9 Å². The topological polar surface area (TPSA) is 120 Å². The molecule has 0 radical (unpaired) electrons. The van der Waals surface area contributed by atoms with Crippen LogP contribution < -0.4 is 19.5 Å². The molecule has 3 aromatic rings. The van der Waals surface area contributed by atoms with Crippen LogP contribution >= 0.6 is 11.7 Å². The van der Waals surface area contributed by atoms with Crippen molar-refractivity contribution in [3.8, 4) is 11.5 Å². The number of nitrogens with zero attached hydrogens (tertiary/aromatic N) is 2. The molecule has 0 unspecified atom stereocenters. The van der Waals surface area contributed by atoms with Gasteiger partial charge >= 0.3 is 0 Å². The molecule has 0 bridgehead atoms. The maximum Gasteiger partial charge on any atom is 0.243 e. The second kappa shape index (κ2) is 8.17. The first-order chi connectivity index (χ1) is 14.3. The lowest BCUT2D eigenvalue weighted by Crippen LogP contribution is -2.49. The quantitative estimate of drug-likeness (QED) is 0.568. The van der Waals surface area contributed by atoms with Crippen molar-refractivity contribution in [3.05, 3.63) is 42.0 Å². The molecular formula is C19H20N4O5S2. The van der Waals surface area contributed by atoms with Crippen LogP contribution in [0.5, 0.6) is 11.5 Å². The highest BCUT2D eigenvalue weighted by Gasteiger charge is 2.30. The molecule has 9 nitrogen and oxygen atoms in total. The van der Waals surface area contributed by atoms with Crippen LogP contribution in [0.3, 0.4) is 0 Å². The average Bonchev–Trinajstić information content (AvgIpc) is 3.38. The zero-order valence-corrected chi connectivity index (χ0v) is 17.9. The second-order valence-electron chi connectivity index (χ2n) is 7.14. The van der Waals surface area contributed by atoms with E-state index in [-0.39, 0.29) is 24.2 Å². The van der Waals surface area contributed by atoms with Gasteiger partial charge in [-0.2, -0.15) is 13.5 Å². The molecule has 0 saturated heterocycles. The molecule has 0 aliphatic carbocycles. The normalized spacial score (nSPS) is 14.2. The number of rotatable bonds is 7. The Bertz CT molecular complexity index is 1190. The maximum atomic E-state index is 13.0. The van der Waals surface area contributed by atoms with E-state index in [9.17, 15) is 13.2 Å². The minimum Gasteiger partial charge on any atom is -0.454 e. The molecular weight excluding hydrogens is 428 g/mol. The van der Waals surface area contributed by atoms with E-state index in [1.54, 1.807) is 38.1 Å². The Hall–Kier alpha value is -2.76. The van der Waals surface area contributed by atoms with E-state index in [1.807, 2.05) is 6.07 Å². The summed E-state index contributed by atoms with van der Waals surface area (Å²) in [7, 11) is -3.98. The molecule has 11 heteroatoms. The van der Waals surface area contributed by atoms with Gasteiger partial charge in [-0.15, -0.1) is 0 Å². The molecule has 4 rings (SSSR count). The number of carbonyl (C=O) groups is 1. The number of sulfonamides is 1. The maximum absolute atomic E-state index is 13.0. The highest BCUT2D eigenvalue weighted by Crippen LogP contribution is 2.32. The third kappa shape index (κ3) is 4.09. The van der Waals surface area contributed by atoms with Crippen molar-refractivity contribution in [1.29, 1.82) is 0 Å². The van der Waals surface area contributed by atoms with Gasteiger partial charge in [0.15, 0.2) is 11.5 Å². The van der Waals surface area contributed by atoms with E-state index in [4.69, 9.17) is 9.47 Å². The molecule has 1 aliphatic rings. The minimum atomic E-state index is -3.98. The van der Waals surface area contributed by atoms with Crippen molar-refractivity contribution in [3.63, 3.8) is 0 Å². The fourth-order valence-electron chi connectivity index (χ4n) is 3.07. The Morgan fingerprint density at radius 1 is 1.17 bits per heavy atom. The zero-order valence-electron chi connectivity index (χ0n) is 16.3. The summed E-state index contributed by atoms with van der Waals surface area (Å²) in [5.41, 5.74) is 1.60. The van der Waals surface area contributed by atoms with Crippen LogP contribution in [0.15, 0.2) is 41.3 Å². The van der Waals surface area contributed by atoms with E-state index >= 15 is 0 Å². The van der Waals surface area contributed by atoms with E-state index in [2.05, 4.69) is 18.8 Å². The van der Waals surface area contributed by atoms with Gasteiger partial charge in [-0.3, -0.25) is 4.79 Å². The Balaban J connectivity index is 1.49. The summed E-state index contributed by atoms with van der Waals surface area (Å²) in [6.45, 7) is 3.95. The number of fused-ring (bicyclic) bond motifs is 2. The van der Waals surface area contributed by atoms with Gasteiger partial charge in [0.05, 0.1) is 11.7 Å². The first-order valence-corrected chi connectivity index (χ1v) is 11.5. The van der Waals surface area contributed by atoms with Gasteiger partial charge < -0.3 is 14.8 Å². The molecule has 1 aliphatic heterocycles. The molecule has 30 heavy (non-hydrogen) atoms. The number of ether oxygens (including phenoxy) is 2. The highest BCUT2D eigenvalue weighted by atomic mass is 32.2. The highest BCUT2D eigenvalue weighted by molar-refractivity contribution is 7.89. The molecule has 1 atom stereocenters. The van der Waals surface area contributed by atoms with Crippen LogP contribution in [0.4, 0.5) is 0 Å². The lowest BCUT2D eigenvalue weighted by molar-refractivity contribution is -0.123. The number of amides is 1. The average molecular weight is 449 g/mol. The van der Waals surface area contributed by atoms with Gasteiger partial charge in [0, 0.05) is 6.54 Å². The number of aromatic nitrogens is 2. The SMILES string of the molecule is CC(C)[C@@H](NS(=O)(=O)c1cccc2nsnc12)C(=O)NCc1ccc2c(c1)OCO2. The third-order valence-electron chi connectivity index (χ3n) is 4.67. The van der Waals surface area contributed by atoms with Gasteiger partial charge in [-0.25, -0.2) is 8.42 Å². The van der Waals surface area contributed by atoms with Crippen molar-refractivity contribution in [1.82, 2.24) is 18.8 Å². The fraction of sp³-hybridized carbons (Fsp3) is 0.316. The summed E-state index contributed by atoms with van der Waals surface area (Å²) in [6.07, 6.45) is 0. The summed E-state index contributed by atoms with van der Waals surface area (Å²) in [6, 6.07) is 9.16. The van der Waals surface area contributed by atoms with Crippen molar-refractivity contribution >= 4 is 38.7 Å². The molecule has 2 heterocycles. The van der Waals surface area contributed by atoms with Crippen LogP contribution in [0.2, 0.25) is 0 Å². The molecule has 2 N–H and O–H groups in total. The monoisotopic (exact) mass is 448 g/mol. The molecule has 1 amide bonds. The zero-order chi connectivity index (χ0) is 21.3. The van der Waals surface area contributed by atoms with E-state index in [0.717, 1.165) is 17.3 Å². The van der Waals surface area contributed by atoms with Gasteiger partial charge in [0.25, 0.3) is 0 Å². The van der Waals surface area contributed by atoms with E-state index < -0.39 is 22.0 Å². The van der Waals surface area contributed by atoms with Gasteiger partial charge in [-0.05, 0) is 35.7 Å². The predicted octanol–water partition coefficient (Wildman–Crippen LogP) is 2.04. The smallest absolute Gasteiger partial charge is 0.243 e. The first-order valence-electron chi connectivity index (χ1n) is 9.25. The fourth-order valence-corrected chi connectivity index (χ4v) is 5.18. The van der Waals surface area contributed by atoms with Crippen molar-refractivity contribution in [2.75, 3.05) is 6.79 Å². The number of nitrogens with one attached hydrogen (secondary N) is 2. The molecule has 2 aromatic carbocycles. The standard InChI is InChI=1S/C19H20N4O5S2/c1-11(2)17(19(24)20-9-12-6-7-14-15(8-12)28-10-27-14)23-30(25,26)16-5-3-4-13-18(16)22-29-21-13/h3-8,11,17,23H,9-10H2,1-2H3,(H,20,24)/t17-/m1/s1. The van der Waals surface area contributed by atoms with E-state index in [1.165, 1.54) is 6.07 Å². The number of hydrogen-bond donors (Lipinski definition) is 2. The van der Waals surface area contributed by atoms with Crippen LogP contribution in [0.1, 0.15) is 19.4 Å². The largest absolute Gasteiger partial charge is 0.454 e. The van der Waals surface area contributed by atoms with Gasteiger partial charge in [0.2, 0.25) is 22.7 Å². The Morgan fingerprint density at radius 3 is 2.77 bits per heavy atom. The summed E-state index contributed by atoms with van der Waals surface area (Å²) in [5.74, 6) is 0.579. The van der Waals surface area contributed by atoms with Crippen molar-refractivity contribution in [2.45, 2.75) is 31.3 Å². The molecule has 0 spiro atoms. The van der Waals surface area contributed by atoms with Crippen LogP contribution in [-0.2, 0) is 21.4 Å². The van der Waals surface area contributed by atoms with Crippen LogP contribution in [0, 0.1) is 5.92 Å². The Morgan fingerprint density at radius 2 is 1.97 bits per heavy atom. The number of hydrogen-bond acceptors (Lipinski definition) is 8. The summed E-state index contributed by atoms with van der Waals surface area (Å²) in [4.78, 5) is 12.8. The second-order valence-corrected chi connectivity index (χ2v) is 9.35. The van der Waals surface area contributed by atoms with Crippen LogP contribution in [0.25, 0.3) is 11.0 Å². The molecule has 0 fully saturated rings. The lowest BCUT2D eigenvalue weighted by atomic mass is 10.0. The summed E-state index contributed by atoms with van der Waals surface area (Å²) < 4.78 is 47.2.